The van der Waals surface area contributed by atoms with Crippen LogP contribution in [0.4, 0.5) is 0 Å². The van der Waals surface area contributed by atoms with Crippen LogP contribution in [0.15, 0.2) is 0 Å². The number of carbonyl (C=O) groups excluding carboxylic acids is 4. The topological polar surface area (TPSA) is 237 Å². The van der Waals surface area contributed by atoms with Gasteiger partial charge in [-0.2, -0.15) is 0 Å². The number of hydrogen-bond acceptors (Lipinski definition) is 15. The smallest absolute Gasteiger partial charge is 0.462 e. The number of aliphatic hydroxyl groups excluding tert-OH is 1. The monoisotopic (exact) mass is 1560 g/mol. The molecule has 636 valence electrons. The fourth-order valence-corrected chi connectivity index (χ4v) is 15.2. The first kappa shape index (κ1) is 105. The van der Waals surface area contributed by atoms with E-state index in [4.69, 9.17) is 37.0 Å². The summed E-state index contributed by atoms with van der Waals surface area (Å²) in [5, 5.41) is 10.7. The van der Waals surface area contributed by atoms with Crippen molar-refractivity contribution < 1.29 is 80.2 Å². The summed E-state index contributed by atoms with van der Waals surface area (Å²) in [5.41, 5.74) is 0. The molecule has 0 spiro atoms. The summed E-state index contributed by atoms with van der Waals surface area (Å²) in [6.07, 6.45) is 66.8. The van der Waals surface area contributed by atoms with Gasteiger partial charge in [-0.05, 0) is 49.4 Å². The third-order valence-electron chi connectivity index (χ3n) is 20.9. The first-order valence-corrected chi connectivity index (χ1v) is 48.2. The summed E-state index contributed by atoms with van der Waals surface area (Å²) < 4.78 is 68.9. The average molecular weight is 1560 g/mol. The molecular formula is C88H172O17P2. The van der Waals surface area contributed by atoms with E-state index in [9.17, 15) is 43.2 Å². The number of phosphoric ester groups is 2. The van der Waals surface area contributed by atoms with Gasteiger partial charge in [-0.15, -0.1) is 0 Å². The van der Waals surface area contributed by atoms with Crippen LogP contribution in [-0.4, -0.2) is 96.7 Å². The fourth-order valence-electron chi connectivity index (χ4n) is 13.6. The van der Waals surface area contributed by atoms with Crippen molar-refractivity contribution in [3.63, 3.8) is 0 Å². The molecule has 6 atom stereocenters. The molecule has 0 amide bonds. The van der Waals surface area contributed by atoms with E-state index in [2.05, 4.69) is 55.4 Å². The number of rotatable bonds is 85. The second-order valence-corrected chi connectivity index (χ2v) is 36.2. The fraction of sp³-hybridized carbons (Fsp3) is 0.955. The molecule has 0 aliphatic carbocycles. The van der Waals surface area contributed by atoms with Crippen LogP contribution in [-0.2, 0) is 65.4 Å². The molecule has 0 saturated carbocycles. The molecule has 0 fully saturated rings. The Balaban J connectivity index is 5.21. The Hall–Kier alpha value is -1.94. The standard InChI is InChI=1S/C88H172O17P2/c1-9-81(8)67-59-51-42-36-30-24-20-21-25-31-37-43-52-60-68-85(90)98-74-83(104-87(92)70-62-54-44-38-32-26-18-13-11-10-12-16-22-28-34-40-48-56-64-78(2)3)76-102-106(94,95)100-72-82(89)73-101-107(96,97)103-77-84(75-99-86(91)69-61-53-47-46-50-58-66-80(6)7)105-88(93)71-63-55-45-39-33-27-19-15-14-17-23-29-35-41-49-57-65-79(4)5/h78-84,89H,9-77H2,1-8H3,(H,94,95)(H,96,97)/t81?,82?,83-,84-/m1/s1. The zero-order valence-corrected chi connectivity index (χ0v) is 72.6. The summed E-state index contributed by atoms with van der Waals surface area (Å²) in [6, 6.07) is 0. The normalized spacial score (nSPS) is 14.1. The van der Waals surface area contributed by atoms with Gasteiger partial charge in [-0.3, -0.25) is 37.3 Å². The highest BCUT2D eigenvalue weighted by Gasteiger charge is 2.31. The van der Waals surface area contributed by atoms with Gasteiger partial charge < -0.3 is 33.8 Å². The average Bonchev–Trinajstić information content (AvgIpc) is 0.899. The lowest BCUT2D eigenvalue weighted by atomic mass is 9.99. The molecule has 3 N–H and O–H groups in total. The van der Waals surface area contributed by atoms with Crippen molar-refractivity contribution in [1.82, 2.24) is 0 Å². The first-order valence-electron chi connectivity index (χ1n) is 45.2. The lowest BCUT2D eigenvalue weighted by Crippen LogP contribution is -2.30. The molecule has 0 aliphatic heterocycles. The van der Waals surface area contributed by atoms with Gasteiger partial charge in [0, 0.05) is 25.7 Å². The molecule has 0 saturated heterocycles. The number of aliphatic hydroxyl groups is 1. The highest BCUT2D eigenvalue weighted by atomic mass is 31.2. The summed E-state index contributed by atoms with van der Waals surface area (Å²) >= 11 is 0. The van der Waals surface area contributed by atoms with Crippen molar-refractivity contribution in [1.29, 1.82) is 0 Å². The van der Waals surface area contributed by atoms with E-state index in [1.165, 1.54) is 257 Å². The molecule has 0 bridgehead atoms. The van der Waals surface area contributed by atoms with Crippen molar-refractivity contribution in [2.24, 2.45) is 23.7 Å². The van der Waals surface area contributed by atoms with Crippen LogP contribution in [0.5, 0.6) is 0 Å². The predicted octanol–water partition coefficient (Wildman–Crippen LogP) is 26.7. The molecule has 0 aliphatic rings. The van der Waals surface area contributed by atoms with E-state index in [1.54, 1.807) is 0 Å². The van der Waals surface area contributed by atoms with Crippen LogP contribution in [0.3, 0.4) is 0 Å². The Morgan fingerprint density at radius 1 is 0.262 bits per heavy atom. The molecule has 107 heavy (non-hydrogen) atoms. The third-order valence-corrected chi connectivity index (χ3v) is 22.8. The molecule has 0 heterocycles. The maximum absolute atomic E-state index is 13.2. The first-order chi connectivity index (χ1) is 51.6. The highest BCUT2D eigenvalue weighted by molar-refractivity contribution is 7.47. The van der Waals surface area contributed by atoms with Crippen LogP contribution >= 0.6 is 15.6 Å². The SMILES string of the molecule is CCC(C)CCCCCCCCCCCCCCCCC(=O)OC[C@H](COP(=O)(O)OCC(O)COP(=O)(O)OC[C@@H](COC(=O)CCCCCCCCC(C)C)OC(=O)CCCCCCCCCCCCCCCCCCC(C)C)OC(=O)CCCCCCCCCCCCCCCCCCCCC(C)C. The van der Waals surface area contributed by atoms with Crippen molar-refractivity contribution >= 4 is 39.5 Å². The van der Waals surface area contributed by atoms with Gasteiger partial charge in [0.15, 0.2) is 12.2 Å². The van der Waals surface area contributed by atoms with Gasteiger partial charge in [0.1, 0.15) is 19.3 Å². The molecule has 0 rings (SSSR count). The van der Waals surface area contributed by atoms with Crippen LogP contribution < -0.4 is 0 Å². The molecule has 0 aromatic heterocycles. The number of ether oxygens (including phenoxy) is 4. The maximum Gasteiger partial charge on any atom is 0.472 e. The molecule has 0 aromatic rings. The van der Waals surface area contributed by atoms with Crippen LogP contribution in [0.2, 0.25) is 0 Å². The van der Waals surface area contributed by atoms with Gasteiger partial charge in [-0.1, -0.05) is 409 Å². The molecule has 0 radical (unpaired) electrons. The summed E-state index contributed by atoms with van der Waals surface area (Å²) in [7, 11) is -9.93. The van der Waals surface area contributed by atoms with Crippen molar-refractivity contribution in [2.45, 2.75) is 478 Å². The van der Waals surface area contributed by atoms with Crippen LogP contribution in [0, 0.1) is 23.7 Å². The van der Waals surface area contributed by atoms with Crippen molar-refractivity contribution in [3.05, 3.63) is 0 Å². The summed E-state index contributed by atoms with van der Waals surface area (Å²) in [5.74, 6) is 1.05. The molecular weight excluding hydrogens is 1390 g/mol. The number of esters is 4. The largest absolute Gasteiger partial charge is 0.472 e. The van der Waals surface area contributed by atoms with Crippen LogP contribution in [0.1, 0.15) is 460 Å². The Bertz CT molecular complexity index is 2080. The molecule has 17 nitrogen and oxygen atoms in total. The third kappa shape index (κ3) is 80.5. The minimum atomic E-state index is -4.97. The van der Waals surface area contributed by atoms with Gasteiger partial charge >= 0.3 is 39.5 Å². The van der Waals surface area contributed by atoms with E-state index >= 15 is 0 Å². The Kier molecular flexibility index (Phi) is 75.3. The Morgan fingerprint density at radius 2 is 0.449 bits per heavy atom. The van der Waals surface area contributed by atoms with E-state index in [0.29, 0.717) is 31.6 Å². The summed E-state index contributed by atoms with van der Waals surface area (Å²) in [6.45, 7) is 14.3. The minimum Gasteiger partial charge on any atom is -0.462 e. The van der Waals surface area contributed by atoms with E-state index in [0.717, 1.165) is 114 Å². The number of carbonyl (C=O) groups is 4. The van der Waals surface area contributed by atoms with Gasteiger partial charge in [0.2, 0.25) is 0 Å². The van der Waals surface area contributed by atoms with E-state index in [1.807, 2.05) is 0 Å². The maximum atomic E-state index is 13.2. The van der Waals surface area contributed by atoms with Crippen molar-refractivity contribution in [2.75, 3.05) is 39.6 Å². The van der Waals surface area contributed by atoms with E-state index < -0.39 is 97.5 Å². The van der Waals surface area contributed by atoms with Crippen LogP contribution in [0.25, 0.3) is 0 Å². The van der Waals surface area contributed by atoms with E-state index in [-0.39, 0.29) is 25.7 Å². The molecule has 19 heteroatoms. The van der Waals surface area contributed by atoms with Gasteiger partial charge in [0.05, 0.1) is 26.4 Å². The summed E-state index contributed by atoms with van der Waals surface area (Å²) in [4.78, 5) is 73.2. The lowest BCUT2D eigenvalue weighted by Gasteiger charge is -2.21. The second-order valence-electron chi connectivity index (χ2n) is 33.3. The second kappa shape index (κ2) is 76.7. The molecule has 4 unspecified atom stereocenters. The highest BCUT2D eigenvalue weighted by Crippen LogP contribution is 2.45. The van der Waals surface area contributed by atoms with Crippen molar-refractivity contribution in [3.8, 4) is 0 Å². The quantitative estimate of drug-likeness (QED) is 0.0222. The number of phosphoric acid groups is 2. The zero-order valence-electron chi connectivity index (χ0n) is 70.8. The lowest BCUT2D eigenvalue weighted by molar-refractivity contribution is -0.161. The zero-order chi connectivity index (χ0) is 78.8. The minimum absolute atomic E-state index is 0.107. The van der Waals surface area contributed by atoms with Gasteiger partial charge in [-0.25, -0.2) is 9.13 Å². The Labute approximate surface area is 658 Å². The van der Waals surface area contributed by atoms with Gasteiger partial charge in [0.25, 0.3) is 0 Å². The Morgan fingerprint density at radius 3 is 0.664 bits per heavy atom. The molecule has 0 aromatic carbocycles. The number of hydrogen-bond donors (Lipinski definition) is 3. The predicted molar refractivity (Wildman–Crippen MR) is 441 cm³/mol. The number of unbranched alkanes of at least 4 members (excludes halogenated alkanes) is 50.